The number of ether oxygens (including phenoxy) is 1. The second-order valence-corrected chi connectivity index (χ2v) is 6.55. The molecule has 0 fully saturated rings. The van der Waals surface area contributed by atoms with Crippen LogP contribution in [0.5, 0.6) is 5.75 Å². The van der Waals surface area contributed by atoms with Gasteiger partial charge in [0.1, 0.15) is 23.4 Å². The molecule has 1 heterocycles. The summed E-state index contributed by atoms with van der Waals surface area (Å²) in [4.78, 5) is 12.5. The minimum absolute atomic E-state index is 0.157. The van der Waals surface area contributed by atoms with Gasteiger partial charge in [-0.05, 0) is 58.4 Å². The van der Waals surface area contributed by atoms with E-state index in [1.54, 1.807) is 18.2 Å². The molecule has 29 heavy (non-hydrogen) atoms. The average Bonchev–Trinajstić information content (AvgIpc) is 3.21. The molecule has 1 aromatic heterocycles. The van der Waals surface area contributed by atoms with Crippen LogP contribution in [0.4, 0.5) is 5.69 Å². The lowest BCUT2D eigenvalue weighted by Crippen LogP contribution is -2.34. The molecule has 0 saturated carbocycles. The van der Waals surface area contributed by atoms with E-state index >= 15 is 0 Å². The molecule has 0 atom stereocenters. The highest BCUT2D eigenvalue weighted by molar-refractivity contribution is 7.80. The average molecular weight is 404 g/mol. The molecule has 3 aromatic carbocycles. The summed E-state index contributed by atoms with van der Waals surface area (Å²) in [5.41, 5.74) is 3.18. The molecule has 0 aliphatic heterocycles. The van der Waals surface area contributed by atoms with Gasteiger partial charge in [-0.3, -0.25) is 10.1 Å². The van der Waals surface area contributed by atoms with Gasteiger partial charge in [0.25, 0.3) is 5.91 Å². The minimum atomic E-state index is -0.366. The summed E-state index contributed by atoms with van der Waals surface area (Å²) >= 11 is 5.28. The van der Waals surface area contributed by atoms with E-state index in [0.717, 1.165) is 5.56 Å². The monoisotopic (exact) mass is 404 g/mol. The number of hydrogen-bond donors (Lipinski definition) is 2. The van der Waals surface area contributed by atoms with Gasteiger partial charge in [0, 0.05) is 5.56 Å². The van der Waals surface area contributed by atoms with Crippen LogP contribution < -0.4 is 15.4 Å². The highest BCUT2D eigenvalue weighted by Gasteiger charge is 2.12. The summed E-state index contributed by atoms with van der Waals surface area (Å²) in [6.07, 6.45) is 0. The lowest BCUT2D eigenvalue weighted by Gasteiger charge is -2.14. The number of fused-ring (bicyclic) bond motifs is 1. The van der Waals surface area contributed by atoms with E-state index in [4.69, 9.17) is 17.0 Å². The zero-order valence-electron chi connectivity index (χ0n) is 15.2. The van der Waals surface area contributed by atoms with Crippen LogP contribution in [0, 0.1) is 0 Å². The Hall–Kier alpha value is -3.78. The van der Waals surface area contributed by atoms with Crippen LogP contribution in [-0.2, 0) is 6.61 Å². The predicted octanol–water partition coefficient (Wildman–Crippen LogP) is 3.93. The van der Waals surface area contributed by atoms with Crippen molar-refractivity contribution in [1.82, 2.24) is 15.6 Å². The Morgan fingerprint density at radius 1 is 0.966 bits per heavy atom. The number of aromatic nitrogens is 2. The lowest BCUT2D eigenvalue weighted by molar-refractivity contribution is 0.0978. The molecule has 0 bridgehead atoms. The Bertz CT molecular complexity index is 1160. The van der Waals surface area contributed by atoms with Crippen LogP contribution in [0.3, 0.4) is 0 Å². The fourth-order valence-corrected chi connectivity index (χ4v) is 2.89. The van der Waals surface area contributed by atoms with Gasteiger partial charge in [-0.2, -0.15) is 0 Å². The molecular formula is C21H16N4O3S. The van der Waals surface area contributed by atoms with Crippen LogP contribution in [0.1, 0.15) is 15.9 Å². The number of para-hydroxylation sites is 2. The third-order valence-electron chi connectivity index (χ3n) is 4.12. The molecule has 4 aromatic rings. The molecule has 0 saturated heterocycles. The van der Waals surface area contributed by atoms with Crippen LogP contribution in [-0.4, -0.2) is 21.3 Å². The first-order valence-corrected chi connectivity index (χ1v) is 9.20. The quantitative estimate of drug-likeness (QED) is 0.487. The van der Waals surface area contributed by atoms with Gasteiger partial charge in [0.05, 0.1) is 5.69 Å². The molecule has 0 aliphatic carbocycles. The molecule has 1 amide bonds. The number of hydrogen-bond acceptors (Lipinski definition) is 6. The molecule has 0 unspecified atom stereocenters. The fraction of sp³-hybridized carbons (Fsp3) is 0.0476. The topological polar surface area (TPSA) is 89.3 Å². The van der Waals surface area contributed by atoms with E-state index in [1.807, 2.05) is 54.6 Å². The molecular weight excluding hydrogens is 388 g/mol. The van der Waals surface area contributed by atoms with Crippen molar-refractivity contribution in [2.24, 2.45) is 0 Å². The zero-order chi connectivity index (χ0) is 20.1. The number of benzene rings is 3. The van der Waals surface area contributed by atoms with E-state index in [-0.39, 0.29) is 11.0 Å². The summed E-state index contributed by atoms with van der Waals surface area (Å²) in [6, 6.07) is 22.1. The van der Waals surface area contributed by atoms with Gasteiger partial charge in [0.2, 0.25) is 0 Å². The molecule has 0 radical (unpaired) electrons. The van der Waals surface area contributed by atoms with E-state index < -0.39 is 0 Å². The summed E-state index contributed by atoms with van der Waals surface area (Å²) in [7, 11) is 0. The number of anilines is 1. The Balaban J connectivity index is 1.40. The Morgan fingerprint density at radius 3 is 2.59 bits per heavy atom. The SMILES string of the molecule is O=C(NC(=S)Nc1ccccc1OCc1ccccc1)c1ccc2nonc2c1. The Labute approximate surface area is 171 Å². The normalized spacial score (nSPS) is 10.5. The van der Waals surface area contributed by atoms with Crippen molar-refractivity contribution in [1.29, 1.82) is 0 Å². The van der Waals surface area contributed by atoms with E-state index in [9.17, 15) is 4.79 Å². The number of nitrogens with one attached hydrogen (secondary N) is 2. The minimum Gasteiger partial charge on any atom is -0.487 e. The summed E-state index contributed by atoms with van der Waals surface area (Å²) in [6.45, 7) is 0.421. The first-order chi connectivity index (χ1) is 14.2. The van der Waals surface area contributed by atoms with E-state index in [2.05, 4.69) is 25.6 Å². The molecule has 2 N–H and O–H groups in total. The summed E-state index contributed by atoms with van der Waals surface area (Å²) in [5, 5.41) is 13.3. The largest absolute Gasteiger partial charge is 0.487 e. The predicted molar refractivity (Wildman–Crippen MR) is 113 cm³/mol. The third kappa shape index (κ3) is 4.56. The van der Waals surface area contributed by atoms with Crippen molar-refractivity contribution in [3.05, 3.63) is 83.9 Å². The highest BCUT2D eigenvalue weighted by Crippen LogP contribution is 2.24. The number of rotatable bonds is 5. The first-order valence-electron chi connectivity index (χ1n) is 8.79. The van der Waals surface area contributed by atoms with Gasteiger partial charge >= 0.3 is 0 Å². The maximum absolute atomic E-state index is 12.5. The molecule has 7 nitrogen and oxygen atoms in total. The van der Waals surface area contributed by atoms with Gasteiger partial charge in [-0.15, -0.1) is 0 Å². The fourth-order valence-electron chi connectivity index (χ4n) is 2.68. The van der Waals surface area contributed by atoms with Crippen LogP contribution >= 0.6 is 12.2 Å². The van der Waals surface area contributed by atoms with Crippen molar-refractivity contribution in [2.45, 2.75) is 6.61 Å². The summed E-state index contributed by atoms with van der Waals surface area (Å²) in [5.74, 6) is 0.262. The molecule has 8 heteroatoms. The van der Waals surface area contributed by atoms with Crippen molar-refractivity contribution in [2.75, 3.05) is 5.32 Å². The van der Waals surface area contributed by atoms with Crippen LogP contribution in [0.2, 0.25) is 0 Å². The second kappa shape index (κ2) is 8.49. The Morgan fingerprint density at radius 2 is 1.72 bits per heavy atom. The maximum atomic E-state index is 12.5. The highest BCUT2D eigenvalue weighted by atomic mass is 32.1. The third-order valence-corrected chi connectivity index (χ3v) is 4.32. The van der Waals surface area contributed by atoms with Crippen LogP contribution in [0.25, 0.3) is 11.0 Å². The smallest absolute Gasteiger partial charge is 0.257 e. The maximum Gasteiger partial charge on any atom is 0.257 e. The van der Waals surface area contributed by atoms with Crippen molar-refractivity contribution >= 4 is 40.0 Å². The molecule has 4 rings (SSSR count). The zero-order valence-corrected chi connectivity index (χ0v) is 16.0. The standard InChI is InChI=1S/C21H16N4O3S/c26-20(15-10-11-16-18(12-15)25-28-24-16)23-21(29)22-17-8-4-5-9-19(17)27-13-14-6-2-1-3-7-14/h1-12H,13H2,(H2,22,23,26,29). The number of thiocarbonyl (C=S) groups is 1. The van der Waals surface area contributed by atoms with Gasteiger partial charge in [-0.1, -0.05) is 42.5 Å². The molecule has 0 aliphatic rings. The number of carbonyl (C=O) groups is 1. The van der Waals surface area contributed by atoms with E-state index in [1.165, 1.54) is 0 Å². The van der Waals surface area contributed by atoms with Gasteiger partial charge in [-0.25, -0.2) is 4.63 Å². The second-order valence-electron chi connectivity index (χ2n) is 6.15. The summed E-state index contributed by atoms with van der Waals surface area (Å²) < 4.78 is 10.5. The molecule has 0 spiro atoms. The van der Waals surface area contributed by atoms with Gasteiger partial charge in [0.15, 0.2) is 5.11 Å². The first kappa shape index (κ1) is 18.6. The van der Waals surface area contributed by atoms with Crippen LogP contribution in [0.15, 0.2) is 77.4 Å². The molecule has 144 valence electrons. The van der Waals surface area contributed by atoms with Gasteiger partial charge < -0.3 is 10.1 Å². The number of amides is 1. The Kier molecular flexibility index (Phi) is 5.44. The van der Waals surface area contributed by atoms with Crippen molar-refractivity contribution < 1.29 is 14.2 Å². The number of nitrogens with zero attached hydrogens (tertiary/aromatic N) is 2. The van der Waals surface area contributed by atoms with Crippen molar-refractivity contribution in [3.63, 3.8) is 0 Å². The lowest BCUT2D eigenvalue weighted by atomic mass is 10.2. The van der Waals surface area contributed by atoms with E-state index in [0.29, 0.717) is 34.6 Å². The number of carbonyl (C=O) groups excluding carboxylic acids is 1. The van der Waals surface area contributed by atoms with Crippen molar-refractivity contribution in [3.8, 4) is 5.75 Å².